The van der Waals surface area contributed by atoms with Crippen LogP contribution in [-0.2, 0) is 0 Å². The van der Waals surface area contributed by atoms with Crippen LogP contribution in [0.2, 0.25) is 5.02 Å². The molecule has 3 rings (SSSR count). The number of carbonyl (C=O) groups excluding carboxylic acids is 1. The first kappa shape index (κ1) is 15.6. The molecule has 0 bridgehead atoms. The molecule has 0 aromatic heterocycles. The highest BCUT2D eigenvalue weighted by molar-refractivity contribution is 7.99. The highest BCUT2D eigenvalue weighted by Crippen LogP contribution is 2.35. The van der Waals surface area contributed by atoms with Crippen molar-refractivity contribution in [3.05, 3.63) is 68.2 Å². The zero-order chi connectivity index (χ0) is 16.6. The lowest BCUT2D eigenvalue weighted by atomic mass is 10.0. The van der Waals surface area contributed by atoms with E-state index in [1.807, 2.05) is 6.07 Å². The molecule has 0 aliphatic carbocycles. The second-order valence-electron chi connectivity index (χ2n) is 4.93. The van der Waals surface area contributed by atoms with E-state index >= 15 is 0 Å². The number of nitrogens with zero attached hydrogens (tertiary/aromatic N) is 1. The first-order valence-corrected chi connectivity index (χ1v) is 7.97. The molecular weight excluding hydrogens is 338 g/mol. The summed E-state index contributed by atoms with van der Waals surface area (Å²) in [6.45, 7) is 0. The Balaban J connectivity index is 2.00. The standard InChI is InChI=1S/C16H10ClNO4S/c17-11-2-4-15-12(7-11)16(20)10(8-23-15)5-9-1-3-14(19)13(6-9)18(21)22/h1-7,19H,8H2/b10-5+. The Labute approximate surface area is 140 Å². The number of halogens is 1. The molecule has 0 amide bonds. The molecule has 1 aliphatic rings. The van der Waals surface area contributed by atoms with Gasteiger partial charge in [0, 0.05) is 32.9 Å². The summed E-state index contributed by atoms with van der Waals surface area (Å²) in [7, 11) is 0. The van der Waals surface area contributed by atoms with Crippen LogP contribution in [0.5, 0.6) is 5.75 Å². The van der Waals surface area contributed by atoms with Gasteiger partial charge >= 0.3 is 5.69 Å². The van der Waals surface area contributed by atoms with Gasteiger partial charge in [-0.2, -0.15) is 0 Å². The van der Waals surface area contributed by atoms with Crippen LogP contribution in [0, 0.1) is 10.1 Å². The zero-order valence-corrected chi connectivity index (χ0v) is 13.2. The number of thioether (sulfide) groups is 1. The van der Waals surface area contributed by atoms with Crippen LogP contribution in [0.25, 0.3) is 6.08 Å². The van der Waals surface area contributed by atoms with E-state index in [-0.39, 0.29) is 5.78 Å². The summed E-state index contributed by atoms with van der Waals surface area (Å²) in [5, 5.41) is 20.8. The lowest BCUT2D eigenvalue weighted by molar-refractivity contribution is -0.385. The molecule has 0 atom stereocenters. The molecule has 0 spiro atoms. The van der Waals surface area contributed by atoms with Gasteiger partial charge in [0.1, 0.15) is 0 Å². The van der Waals surface area contributed by atoms with Crippen molar-refractivity contribution in [1.29, 1.82) is 0 Å². The van der Waals surface area contributed by atoms with Crippen molar-refractivity contribution in [2.24, 2.45) is 0 Å². The molecule has 2 aromatic carbocycles. The van der Waals surface area contributed by atoms with Crippen molar-refractivity contribution in [1.82, 2.24) is 0 Å². The largest absolute Gasteiger partial charge is 0.502 e. The summed E-state index contributed by atoms with van der Waals surface area (Å²) in [5.41, 5.74) is 1.17. The van der Waals surface area contributed by atoms with Gasteiger partial charge in [0.15, 0.2) is 11.5 Å². The lowest BCUT2D eigenvalue weighted by Gasteiger charge is -2.17. The molecule has 2 aromatic rings. The quantitative estimate of drug-likeness (QED) is 0.497. The summed E-state index contributed by atoms with van der Waals surface area (Å²) in [6.07, 6.45) is 1.60. The van der Waals surface area contributed by atoms with E-state index in [1.165, 1.54) is 30.0 Å². The normalized spacial score (nSPS) is 15.5. The third kappa shape index (κ3) is 3.09. The molecule has 1 aliphatic heterocycles. The highest BCUT2D eigenvalue weighted by Gasteiger charge is 2.23. The number of carbonyl (C=O) groups is 1. The average molecular weight is 348 g/mol. The zero-order valence-electron chi connectivity index (χ0n) is 11.7. The van der Waals surface area contributed by atoms with Crippen molar-refractivity contribution in [3.63, 3.8) is 0 Å². The first-order valence-electron chi connectivity index (χ1n) is 6.61. The topological polar surface area (TPSA) is 80.4 Å². The Morgan fingerprint density at radius 3 is 2.78 bits per heavy atom. The Kier molecular flexibility index (Phi) is 4.11. The number of nitro groups is 1. The van der Waals surface area contributed by atoms with Crippen LogP contribution >= 0.6 is 23.4 Å². The smallest absolute Gasteiger partial charge is 0.311 e. The Hall–Kier alpha value is -2.31. The van der Waals surface area contributed by atoms with Crippen molar-refractivity contribution >= 4 is 40.9 Å². The monoisotopic (exact) mass is 347 g/mol. The van der Waals surface area contributed by atoms with Crippen LogP contribution < -0.4 is 0 Å². The van der Waals surface area contributed by atoms with Crippen LogP contribution in [0.3, 0.4) is 0 Å². The number of nitro benzene ring substituents is 1. The van der Waals surface area contributed by atoms with E-state index < -0.39 is 16.4 Å². The molecule has 0 saturated heterocycles. The SMILES string of the molecule is O=C1/C(=C/c2ccc(O)c([N+](=O)[O-])c2)CSc2ccc(Cl)cc21. The van der Waals surface area contributed by atoms with E-state index in [9.17, 15) is 20.0 Å². The molecule has 0 fully saturated rings. The highest BCUT2D eigenvalue weighted by atomic mass is 35.5. The second-order valence-corrected chi connectivity index (χ2v) is 6.39. The minimum Gasteiger partial charge on any atom is -0.502 e. The predicted molar refractivity (Wildman–Crippen MR) is 89.2 cm³/mol. The third-order valence-electron chi connectivity index (χ3n) is 3.40. The number of rotatable bonds is 2. The fourth-order valence-corrected chi connectivity index (χ4v) is 3.45. The maximum Gasteiger partial charge on any atom is 0.311 e. The number of phenolic OH excluding ortho intramolecular Hbond substituents is 1. The molecule has 0 saturated carbocycles. The lowest BCUT2D eigenvalue weighted by Crippen LogP contribution is -2.12. The average Bonchev–Trinajstić information content (AvgIpc) is 2.52. The molecule has 1 N–H and O–H groups in total. The van der Waals surface area contributed by atoms with Crippen molar-refractivity contribution in [3.8, 4) is 5.75 Å². The first-order chi connectivity index (χ1) is 11.0. The van der Waals surface area contributed by atoms with Gasteiger partial charge in [-0.25, -0.2) is 0 Å². The van der Waals surface area contributed by atoms with E-state index in [1.54, 1.807) is 18.2 Å². The summed E-state index contributed by atoms with van der Waals surface area (Å²) < 4.78 is 0. The molecule has 0 unspecified atom stereocenters. The Morgan fingerprint density at radius 2 is 2.04 bits per heavy atom. The van der Waals surface area contributed by atoms with E-state index in [0.29, 0.717) is 27.5 Å². The van der Waals surface area contributed by atoms with Gasteiger partial charge in [0.2, 0.25) is 0 Å². The van der Waals surface area contributed by atoms with Gasteiger partial charge in [-0.15, -0.1) is 11.8 Å². The second kappa shape index (κ2) is 6.06. The molecule has 116 valence electrons. The molecule has 1 heterocycles. The maximum absolute atomic E-state index is 12.5. The maximum atomic E-state index is 12.5. The summed E-state index contributed by atoms with van der Waals surface area (Å²) >= 11 is 7.45. The van der Waals surface area contributed by atoms with Gasteiger partial charge in [0.05, 0.1) is 4.92 Å². The fraction of sp³-hybridized carbons (Fsp3) is 0.0625. The van der Waals surface area contributed by atoms with Crippen LogP contribution in [0.4, 0.5) is 5.69 Å². The molecule has 23 heavy (non-hydrogen) atoms. The van der Waals surface area contributed by atoms with E-state index in [2.05, 4.69) is 0 Å². The van der Waals surface area contributed by atoms with E-state index in [0.717, 1.165) is 4.90 Å². The van der Waals surface area contributed by atoms with Crippen molar-refractivity contribution in [2.75, 3.05) is 5.75 Å². The van der Waals surface area contributed by atoms with Gasteiger partial charge in [-0.05, 0) is 35.9 Å². The van der Waals surface area contributed by atoms with Crippen LogP contribution in [-0.4, -0.2) is 21.6 Å². The van der Waals surface area contributed by atoms with Gasteiger partial charge < -0.3 is 5.11 Å². The fourth-order valence-electron chi connectivity index (χ4n) is 2.28. The number of Topliss-reactive ketones (excluding diaryl/α,β-unsaturated/α-hetero) is 1. The molecular formula is C16H10ClNO4S. The molecule has 0 radical (unpaired) electrons. The number of aromatic hydroxyl groups is 1. The minimum absolute atomic E-state index is 0.142. The summed E-state index contributed by atoms with van der Waals surface area (Å²) in [4.78, 5) is 23.6. The number of phenols is 1. The number of ketones is 1. The van der Waals surface area contributed by atoms with Crippen molar-refractivity contribution in [2.45, 2.75) is 4.90 Å². The molecule has 5 nitrogen and oxygen atoms in total. The Bertz CT molecular complexity index is 863. The summed E-state index contributed by atoms with van der Waals surface area (Å²) in [5.74, 6) is -0.0714. The van der Waals surface area contributed by atoms with Crippen LogP contribution in [0.1, 0.15) is 15.9 Å². The van der Waals surface area contributed by atoms with Gasteiger partial charge in [-0.3, -0.25) is 14.9 Å². The minimum atomic E-state index is -0.663. The molecule has 7 heteroatoms. The number of hydrogen-bond donors (Lipinski definition) is 1. The van der Waals surface area contributed by atoms with Crippen molar-refractivity contribution < 1.29 is 14.8 Å². The van der Waals surface area contributed by atoms with Gasteiger partial charge in [-0.1, -0.05) is 17.7 Å². The predicted octanol–water partition coefficient (Wildman–Crippen LogP) is 4.33. The Morgan fingerprint density at radius 1 is 1.26 bits per heavy atom. The third-order valence-corrected chi connectivity index (χ3v) is 4.76. The number of benzene rings is 2. The number of hydrogen-bond acceptors (Lipinski definition) is 5. The number of fused-ring (bicyclic) bond motifs is 1. The summed E-state index contributed by atoms with van der Waals surface area (Å²) in [6, 6.07) is 9.18. The van der Waals surface area contributed by atoms with Gasteiger partial charge in [0.25, 0.3) is 0 Å². The van der Waals surface area contributed by atoms with E-state index in [4.69, 9.17) is 11.6 Å². The van der Waals surface area contributed by atoms with Crippen LogP contribution in [0.15, 0.2) is 46.9 Å².